The van der Waals surface area contributed by atoms with Gasteiger partial charge in [-0.25, -0.2) is 0 Å². The quantitative estimate of drug-likeness (QED) is 0.184. The molecule has 50 heavy (non-hydrogen) atoms. The number of hydrogen-bond donors (Lipinski definition) is 0. The Morgan fingerprint density at radius 3 is 1.04 bits per heavy atom. The highest BCUT2D eigenvalue weighted by molar-refractivity contribution is 6.10. The Bertz CT molecular complexity index is 2560. The molecular weight excluding hydrogens is 607 g/mol. The summed E-state index contributed by atoms with van der Waals surface area (Å²) in [7, 11) is 0. The minimum Gasteiger partial charge on any atom is -0.309 e. The van der Waals surface area contributed by atoms with Crippen LogP contribution in [-0.2, 0) is 0 Å². The van der Waals surface area contributed by atoms with Gasteiger partial charge in [-0.3, -0.25) is 4.98 Å². The zero-order valence-corrected chi connectivity index (χ0v) is 27.2. The molecule has 0 atom stereocenters. The van der Waals surface area contributed by atoms with Gasteiger partial charge in [0.05, 0.1) is 27.8 Å². The summed E-state index contributed by atoms with van der Waals surface area (Å²) in [6, 6.07) is 65.4. The molecule has 0 N–H and O–H groups in total. The fraction of sp³-hybridized carbons (Fsp3) is 0. The number of aromatic nitrogens is 3. The molecule has 0 amide bonds. The molecule has 0 aliphatic rings. The number of nitrogens with zero attached hydrogens (tertiary/aromatic N) is 3. The Kier molecular flexibility index (Phi) is 6.49. The predicted octanol–water partition coefficient (Wildman–Crippen LogP) is 12.3. The molecule has 0 unspecified atom stereocenters. The van der Waals surface area contributed by atoms with Crippen LogP contribution >= 0.6 is 0 Å². The summed E-state index contributed by atoms with van der Waals surface area (Å²) in [6.45, 7) is 0. The van der Waals surface area contributed by atoms with Crippen LogP contribution in [0.4, 0.5) is 0 Å². The van der Waals surface area contributed by atoms with Crippen LogP contribution in [0.25, 0.3) is 88.5 Å². The lowest BCUT2D eigenvalue weighted by atomic mass is 9.94. The molecule has 234 valence electrons. The molecule has 0 radical (unpaired) electrons. The number of benzene rings is 7. The zero-order valence-electron chi connectivity index (χ0n) is 27.2. The molecule has 0 saturated carbocycles. The van der Waals surface area contributed by atoms with Crippen molar-refractivity contribution in [2.45, 2.75) is 0 Å². The smallest absolute Gasteiger partial charge is 0.0702 e. The second-order valence-corrected chi connectivity index (χ2v) is 12.8. The molecule has 0 spiro atoms. The van der Waals surface area contributed by atoms with Gasteiger partial charge in [0.25, 0.3) is 0 Å². The van der Waals surface area contributed by atoms with E-state index in [4.69, 9.17) is 4.98 Å². The van der Waals surface area contributed by atoms with Gasteiger partial charge in [-0.1, -0.05) is 103 Å². The lowest BCUT2D eigenvalue weighted by Gasteiger charge is -2.13. The molecule has 3 aromatic heterocycles. The first-order chi connectivity index (χ1) is 24.8. The fourth-order valence-electron chi connectivity index (χ4n) is 7.65. The van der Waals surface area contributed by atoms with E-state index in [1.807, 2.05) is 12.3 Å². The van der Waals surface area contributed by atoms with Crippen LogP contribution < -0.4 is 0 Å². The summed E-state index contributed by atoms with van der Waals surface area (Å²) < 4.78 is 4.73. The highest BCUT2D eigenvalue weighted by Crippen LogP contribution is 2.37. The molecule has 0 fully saturated rings. The Labute approximate surface area is 290 Å². The van der Waals surface area contributed by atoms with Gasteiger partial charge < -0.3 is 9.13 Å². The van der Waals surface area contributed by atoms with Crippen molar-refractivity contribution in [3.05, 3.63) is 188 Å². The third-order valence-electron chi connectivity index (χ3n) is 9.97. The molecule has 7 aromatic carbocycles. The minimum atomic E-state index is 0.958. The van der Waals surface area contributed by atoms with Crippen molar-refractivity contribution in [3.8, 4) is 44.9 Å². The standard InChI is InChI=1S/C47H31N3/c1-5-16-44-39(11-1)40-12-2-6-17-45(40)49(44)37-24-20-32(21-25-37)34-29-35(31-36(30-34)43-15-9-10-28-48-43)33-22-26-38(27-23-33)50-46-18-7-3-13-41(46)42-14-4-8-19-47(42)50/h1-31H. The van der Waals surface area contributed by atoms with Crippen molar-refractivity contribution >= 4 is 43.6 Å². The van der Waals surface area contributed by atoms with Crippen molar-refractivity contribution in [2.24, 2.45) is 0 Å². The van der Waals surface area contributed by atoms with Crippen LogP contribution in [-0.4, -0.2) is 14.1 Å². The van der Waals surface area contributed by atoms with E-state index in [1.54, 1.807) is 0 Å². The van der Waals surface area contributed by atoms with E-state index >= 15 is 0 Å². The van der Waals surface area contributed by atoms with Gasteiger partial charge in [0.15, 0.2) is 0 Å². The van der Waals surface area contributed by atoms with Gasteiger partial charge in [0.1, 0.15) is 0 Å². The van der Waals surface area contributed by atoms with E-state index in [9.17, 15) is 0 Å². The van der Waals surface area contributed by atoms with E-state index in [2.05, 4.69) is 185 Å². The average Bonchev–Trinajstić information content (AvgIpc) is 3.71. The zero-order chi connectivity index (χ0) is 33.0. The van der Waals surface area contributed by atoms with Crippen molar-refractivity contribution < 1.29 is 0 Å². The fourth-order valence-corrected chi connectivity index (χ4v) is 7.65. The molecule has 0 bridgehead atoms. The predicted molar refractivity (Wildman–Crippen MR) is 209 cm³/mol. The van der Waals surface area contributed by atoms with E-state index in [0.717, 1.165) is 44.9 Å². The first-order valence-corrected chi connectivity index (χ1v) is 17.0. The summed E-state index contributed by atoms with van der Waals surface area (Å²) in [4.78, 5) is 4.72. The van der Waals surface area contributed by atoms with E-state index < -0.39 is 0 Å². The molecule has 10 rings (SSSR count). The molecule has 0 aliphatic heterocycles. The van der Waals surface area contributed by atoms with Gasteiger partial charge in [-0.15, -0.1) is 0 Å². The second-order valence-electron chi connectivity index (χ2n) is 12.8. The highest BCUT2D eigenvalue weighted by Gasteiger charge is 2.14. The summed E-state index contributed by atoms with van der Waals surface area (Å²) in [6.07, 6.45) is 1.86. The van der Waals surface area contributed by atoms with Crippen molar-refractivity contribution in [2.75, 3.05) is 0 Å². The van der Waals surface area contributed by atoms with E-state index in [0.29, 0.717) is 0 Å². The maximum atomic E-state index is 4.72. The lowest BCUT2D eigenvalue weighted by molar-refractivity contribution is 1.18. The van der Waals surface area contributed by atoms with Gasteiger partial charge in [-0.05, 0) is 101 Å². The highest BCUT2D eigenvalue weighted by atomic mass is 15.0. The molecule has 3 heterocycles. The average molecular weight is 638 g/mol. The first-order valence-electron chi connectivity index (χ1n) is 17.0. The molecule has 3 heteroatoms. The number of hydrogen-bond acceptors (Lipinski definition) is 1. The number of fused-ring (bicyclic) bond motifs is 6. The van der Waals surface area contributed by atoms with Crippen LogP contribution in [0.5, 0.6) is 0 Å². The Hall–Kier alpha value is -6.71. The van der Waals surface area contributed by atoms with Crippen LogP contribution in [0.1, 0.15) is 0 Å². The molecule has 0 aliphatic carbocycles. The number of pyridine rings is 1. The minimum absolute atomic E-state index is 0.958. The SMILES string of the molecule is c1ccc(-c2cc(-c3ccc(-n4c5ccccc5c5ccccc54)cc3)cc(-c3ccc(-n4c5ccccc5c5ccccc54)cc3)c2)nc1. The summed E-state index contributed by atoms with van der Waals surface area (Å²) in [5.74, 6) is 0. The van der Waals surface area contributed by atoms with Crippen LogP contribution in [0, 0.1) is 0 Å². The Balaban J connectivity index is 1.07. The van der Waals surface area contributed by atoms with E-state index in [1.165, 1.54) is 43.6 Å². The number of rotatable bonds is 5. The number of para-hydroxylation sites is 4. The lowest BCUT2D eigenvalue weighted by Crippen LogP contribution is -1.94. The monoisotopic (exact) mass is 637 g/mol. The third kappa shape index (κ3) is 4.56. The van der Waals surface area contributed by atoms with Crippen LogP contribution in [0.2, 0.25) is 0 Å². The van der Waals surface area contributed by atoms with Gasteiger partial charge in [0.2, 0.25) is 0 Å². The van der Waals surface area contributed by atoms with Gasteiger partial charge in [-0.2, -0.15) is 0 Å². The van der Waals surface area contributed by atoms with Gasteiger partial charge in [0, 0.05) is 44.7 Å². The summed E-state index contributed by atoms with van der Waals surface area (Å²) >= 11 is 0. The molecule has 0 saturated heterocycles. The van der Waals surface area contributed by atoms with Crippen LogP contribution in [0.15, 0.2) is 188 Å². The maximum absolute atomic E-state index is 4.72. The summed E-state index contributed by atoms with van der Waals surface area (Å²) in [5.41, 5.74) is 13.8. The van der Waals surface area contributed by atoms with Crippen molar-refractivity contribution in [3.63, 3.8) is 0 Å². The maximum Gasteiger partial charge on any atom is 0.0702 e. The topological polar surface area (TPSA) is 22.8 Å². The Morgan fingerprint density at radius 1 is 0.300 bits per heavy atom. The van der Waals surface area contributed by atoms with E-state index in [-0.39, 0.29) is 0 Å². The third-order valence-corrected chi connectivity index (χ3v) is 9.97. The first kappa shape index (κ1) is 28.3. The normalized spacial score (nSPS) is 11.6. The van der Waals surface area contributed by atoms with Gasteiger partial charge >= 0.3 is 0 Å². The molecule has 10 aromatic rings. The Morgan fingerprint density at radius 2 is 0.660 bits per heavy atom. The van der Waals surface area contributed by atoms with Crippen LogP contribution in [0.3, 0.4) is 0 Å². The largest absolute Gasteiger partial charge is 0.309 e. The molecule has 3 nitrogen and oxygen atoms in total. The van der Waals surface area contributed by atoms with Crippen molar-refractivity contribution in [1.29, 1.82) is 0 Å². The second kappa shape index (κ2) is 11.5. The summed E-state index contributed by atoms with van der Waals surface area (Å²) in [5, 5.41) is 5.07. The molecular formula is C47H31N3. The van der Waals surface area contributed by atoms with Crippen molar-refractivity contribution in [1.82, 2.24) is 14.1 Å².